The highest BCUT2D eigenvalue weighted by molar-refractivity contribution is 6.32. The van der Waals surface area contributed by atoms with Crippen molar-refractivity contribution in [2.45, 2.75) is 26.7 Å². The van der Waals surface area contributed by atoms with Gasteiger partial charge in [0.1, 0.15) is 0 Å². The molecule has 0 saturated heterocycles. The normalized spacial score (nSPS) is 14.7. The Morgan fingerprint density at radius 3 is 2.40 bits per heavy atom. The number of hydrogen-bond donors (Lipinski definition) is 0. The van der Waals surface area contributed by atoms with Gasteiger partial charge in [0.05, 0.1) is 5.71 Å². The van der Waals surface area contributed by atoms with Crippen molar-refractivity contribution in [2.24, 2.45) is 10.2 Å². The standard InChI is InChI=1S/C18H20N2/c1-14(2)19-20-18(17-12-8-5-9-13-17)15(3)16-10-6-4-7-11-16/h4,6-8,10-13H,3,5,9H2,1-2H3/b20-18+. The summed E-state index contributed by atoms with van der Waals surface area (Å²) in [6.45, 7) is 8.09. The Hall–Kier alpha value is -2.22. The molecule has 1 aliphatic rings. The van der Waals surface area contributed by atoms with Crippen LogP contribution < -0.4 is 0 Å². The smallest absolute Gasteiger partial charge is 0.0997 e. The number of benzene rings is 1. The van der Waals surface area contributed by atoms with Gasteiger partial charge in [-0.1, -0.05) is 55.1 Å². The average Bonchev–Trinajstić information content (AvgIpc) is 2.49. The van der Waals surface area contributed by atoms with Gasteiger partial charge in [-0.25, -0.2) is 0 Å². The summed E-state index contributed by atoms with van der Waals surface area (Å²) >= 11 is 0. The second-order valence-corrected chi connectivity index (χ2v) is 4.98. The van der Waals surface area contributed by atoms with Crippen molar-refractivity contribution in [3.8, 4) is 0 Å². The Labute approximate surface area is 120 Å². The first-order valence-corrected chi connectivity index (χ1v) is 6.89. The maximum absolute atomic E-state index is 4.41. The second kappa shape index (κ2) is 6.80. The fourth-order valence-electron chi connectivity index (χ4n) is 2.01. The van der Waals surface area contributed by atoms with Crippen LogP contribution in [0, 0.1) is 0 Å². The molecular weight excluding hydrogens is 244 g/mol. The number of nitrogens with zero attached hydrogens (tertiary/aromatic N) is 2. The van der Waals surface area contributed by atoms with Crippen LogP contribution in [0.1, 0.15) is 32.3 Å². The minimum atomic E-state index is 0.855. The third-order valence-electron chi connectivity index (χ3n) is 3.03. The predicted molar refractivity (Wildman–Crippen MR) is 88.2 cm³/mol. The van der Waals surface area contributed by atoms with Crippen molar-refractivity contribution in [3.63, 3.8) is 0 Å². The van der Waals surface area contributed by atoms with Crippen LogP contribution in [-0.4, -0.2) is 11.4 Å². The number of allylic oxidation sites excluding steroid dienone is 5. The molecule has 0 aromatic heterocycles. The van der Waals surface area contributed by atoms with E-state index in [0.29, 0.717) is 0 Å². The molecule has 0 heterocycles. The quantitative estimate of drug-likeness (QED) is 0.550. The van der Waals surface area contributed by atoms with E-state index in [-0.39, 0.29) is 0 Å². The van der Waals surface area contributed by atoms with Gasteiger partial charge in [-0.15, -0.1) is 5.10 Å². The highest BCUT2D eigenvalue weighted by atomic mass is 15.2. The SMILES string of the molecule is C=C(/C(=N\N=C(C)C)C1=CCCC=C1)c1ccccc1. The van der Waals surface area contributed by atoms with Crippen molar-refractivity contribution in [2.75, 3.05) is 0 Å². The van der Waals surface area contributed by atoms with E-state index in [0.717, 1.165) is 41.0 Å². The molecule has 0 unspecified atom stereocenters. The van der Waals surface area contributed by atoms with Gasteiger partial charge in [-0.2, -0.15) is 5.10 Å². The van der Waals surface area contributed by atoms with Gasteiger partial charge in [-0.05, 0) is 37.8 Å². The molecule has 0 atom stereocenters. The summed E-state index contributed by atoms with van der Waals surface area (Å²) in [7, 11) is 0. The van der Waals surface area contributed by atoms with Crippen molar-refractivity contribution >= 4 is 17.0 Å². The molecule has 0 fully saturated rings. The number of hydrogen-bond acceptors (Lipinski definition) is 2. The third kappa shape index (κ3) is 3.64. The van der Waals surface area contributed by atoms with E-state index < -0.39 is 0 Å². The Kier molecular flexibility index (Phi) is 4.83. The molecule has 0 bridgehead atoms. The van der Waals surface area contributed by atoms with Crippen molar-refractivity contribution in [1.29, 1.82) is 0 Å². The van der Waals surface area contributed by atoms with Crippen LogP contribution in [0.25, 0.3) is 5.57 Å². The lowest BCUT2D eigenvalue weighted by Gasteiger charge is -2.12. The first-order valence-electron chi connectivity index (χ1n) is 6.89. The summed E-state index contributed by atoms with van der Waals surface area (Å²) in [5.74, 6) is 0. The lowest BCUT2D eigenvalue weighted by atomic mass is 9.94. The van der Waals surface area contributed by atoms with Gasteiger partial charge < -0.3 is 0 Å². The molecule has 1 aromatic carbocycles. The molecule has 102 valence electrons. The average molecular weight is 264 g/mol. The fourth-order valence-corrected chi connectivity index (χ4v) is 2.01. The van der Waals surface area contributed by atoms with E-state index in [1.165, 1.54) is 0 Å². The largest absolute Gasteiger partial charge is 0.160 e. The van der Waals surface area contributed by atoms with Crippen LogP contribution in [0.5, 0.6) is 0 Å². The molecule has 1 aliphatic carbocycles. The Balaban J connectivity index is 2.39. The van der Waals surface area contributed by atoms with E-state index in [4.69, 9.17) is 0 Å². The molecule has 0 saturated carbocycles. The molecule has 1 aromatic rings. The topological polar surface area (TPSA) is 24.7 Å². The molecule has 0 amide bonds. The first-order chi connectivity index (χ1) is 9.68. The third-order valence-corrected chi connectivity index (χ3v) is 3.03. The van der Waals surface area contributed by atoms with Crippen LogP contribution in [-0.2, 0) is 0 Å². The van der Waals surface area contributed by atoms with Crippen LogP contribution in [0.15, 0.2) is 70.9 Å². The molecule has 0 N–H and O–H groups in total. The van der Waals surface area contributed by atoms with Gasteiger partial charge >= 0.3 is 0 Å². The number of rotatable bonds is 4. The monoisotopic (exact) mass is 264 g/mol. The summed E-state index contributed by atoms with van der Waals surface area (Å²) in [6.07, 6.45) is 8.61. The van der Waals surface area contributed by atoms with Crippen molar-refractivity contribution in [1.82, 2.24) is 0 Å². The minimum absolute atomic E-state index is 0.855. The lowest BCUT2D eigenvalue weighted by molar-refractivity contribution is 1.03. The van der Waals surface area contributed by atoms with Gasteiger partial charge in [0.2, 0.25) is 0 Å². The summed E-state index contributed by atoms with van der Waals surface area (Å²) in [5, 5.41) is 8.62. The van der Waals surface area contributed by atoms with Gasteiger partial charge in [0, 0.05) is 11.3 Å². The molecule has 0 aliphatic heterocycles. The first kappa shape index (κ1) is 14.2. The van der Waals surface area contributed by atoms with Crippen LogP contribution in [0.3, 0.4) is 0 Å². The second-order valence-electron chi connectivity index (χ2n) is 4.98. The summed E-state index contributed by atoms with van der Waals surface area (Å²) in [4.78, 5) is 0. The van der Waals surface area contributed by atoms with E-state index in [9.17, 15) is 0 Å². The zero-order valence-electron chi connectivity index (χ0n) is 12.1. The molecule has 2 nitrogen and oxygen atoms in total. The van der Waals surface area contributed by atoms with Gasteiger partial charge in [0.25, 0.3) is 0 Å². The molecule has 2 rings (SSSR count). The highest BCUT2D eigenvalue weighted by Crippen LogP contribution is 2.22. The Morgan fingerprint density at radius 2 is 1.80 bits per heavy atom. The molecular formula is C18H20N2. The highest BCUT2D eigenvalue weighted by Gasteiger charge is 2.12. The predicted octanol–water partition coefficient (Wildman–Crippen LogP) is 4.81. The Bertz CT molecular complexity index is 598. The van der Waals surface area contributed by atoms with E-state index in [1.54, 1.807) is 0 Å². The van der Waals surface area contributed by atoms with E-state index in [1.807, 2.05) is 44.2 Å². The van der Waals surface area contributed by atoms with E-state index >= 15 is 0 Å². The van der Waals surface area contributed by atoms with Crippen molar-refractivity contribution < 1.29 is 0 Å². The summed E-state index contributed by atoms with van der Waals surface area (Å²) < 4.78 is 0. The molecule has 20 heavy (non-hydrogen) atoms. The van der Waals surface area contributed by atoms with Crippen LogP contribution in [0.2, 0.25) is 0 Å². The Morgan fingerprint density at radius 1 is 1.05 bits per heavy atom. The molecule has 0 radical (unpaired) electrons. The summed E-state index contributed by atoms with van der Waals surface area (Å²) in [6, 6.07) is 10.1. The molecule has 2 heteroatoms. The lowest BCUT2D eigenvalue weighted by Crippen LogP contribution is -2.05. The van der Waals surface area contributed by atoms with Gasteiger partial charge in [-0.3, -0.25) is 0 Å². The van der Waals surface area contributed by atoms with Crippen LogP contribution >= 0.6 is 0 Å². The zero-order valence-corrected chi connectivity index (χ0v) is 12.1. The molecule has 0 spiro atoms. The summed E-state index contributed by atoms with van der Waals surface area (Å²) in [5.41, 5.74) is 4.88. The van der Waals surface area contributed by atoms with Gasteiger partial charge in [0.15, 0.2) is 0 Å². The maximum atomic E-state index is 4.41. The van der Waals surface area contributed by atoms with E-state index in [2.05, 4.69) is 35.0 Å². The zero-order chi connectivity index (χ0) is 14.4. The van der Waals surface area contributed by atoms with Crippen molar-refractivity contribution in [3.05, 3.63) is 66.3 Å². The fraction of sp³-hybridized carbons (Fsp3) is 0.222. The minimum Gasteiger partial charge on any atom is -0.160 e. The van der Waals surface area contributed by atoms with Crippen LogP contribution in [0.4, 0.5) is 0 Å². The maximum Gasteiger partial charge on any atom is 0.0997 e.